The van der Waals surface area contributed by atoms with Crippen molar-refractivity contribution < 1.29 is 14.6 Å². The minimum absolute atomic E-state index is 0.458. The number of rotatable bonds is 12. The predicted molar refractivity (Wildman–Crippen MR) is 146 cm³/mol. The lowest BCUT2D eigenvalue weighted by atomic mass is 10.1. The summed E-state index contributed by atoms with van der Waals surface area (Å²) in [5.74, 6) is 2.82. The summed E-state index contributed by atoms with van der Waals surface area (Å²) >= 11 is 0. The van der Waals surface area contributed by atoms with E-state index in [0.717, 1.165) is 34.7 Å². The van der Waals surface area contributed by atoms with Crippen molar-refractivity contribution in [1.82, 2.24) is 14.7 Å². The van der Waals surface area contributed by atoms with Crippen LogP contribution in [0.3, 0.4) is 0 Å². The minimum atomic E-state index is -0.458. The average molecular weight is 498 g/mol. The maximum absolute atomic E-state index is 11.0. The van der Waals surface area contributed by atoms with Crippen LogP contribution in [0.15, 0.2) is 84.9 Å². The zero-order valence-corrected chi connectivity index (χ0v) is 21.6. The Morgan fingerprint density at radius 1 is 0.973 bits per heavy atom. The molecule has 5 rings (SSSR count). The van der Waals surface area contributed by atoms with Crippen molar-refractivity contribution >= 4 is 0 Å². The lowest BCUT2D eigenvalue weighted by Gasteiger charge is -2.26. The standard InChI is InChI=1S/C31H35N3O3/c1-33-31(37-28-15-9-14-27(19-28)36-2)29(30(32-33)25-12-7-4-8-13-25)22-34(20-24-16-17-24)21-26(35)18-23-10-5-3-6-11-23/h3-15,19,24,26,35H,16-18,20-22H2,1-2H3/t26-/m1/s1. The van der Waals surface area contributed by atoms with Gasteiger partial charge >= 0.3 is 0 Å². The monoisotopic (exact) mass is 497 g/mol. The summed E-state index contributed by atoms with van der Waals surface area (Å²) in [5.41, 5.74) is 4.11. The molecule has 1 saturated carbocycles. The Kier molecular flexibility index (Phi) is 7.87. The number of aromatic nitrogens is 2. The Bertz CT molecular complexity index is 1290. The Morgan fingerprint density at radius 3 is 2.38 bits per heavy atom. The van der Waals surface area contributed by atoms with Gasteiger partial charge in [-0.3, -0.25) is 4.90 Å². The van der Waals surface area contributed by atoms with Crippen molar-refractivity contribution in [2.45, 2.75) is 31.9 Å². The molecule has 4 aromatic rings. The first-order valence-electron chi connectivity index (χ1n) is 13.0. The first kappa shape index (κ1) is 25.1. The molecule has 1 fully saturated rings. The van der Waals surface area contributed by atoms with Gasteiger partial charge in [0.2, 0.25) is 5.88 Å². The summed E-state index contributed by atoms with van der Waals surface area (Å²) in [4.78, 5) is 2.37. The quantitative estimate of drug-likeness (QED) is 0.272. The van der Waals surface area contributed by atoms with Crippen molar-refractivity contribution in [3.8, 4) is 28.6 Å². The highest BCUT2D eigenvalue weighted by atomic mass is 16.5. The van der Waals surface area contributed by atoms with Gasteiger partial charge in [-0.05, 0) is 42.9 Å². The van der Waals surface area contributed by atoms with E-state index in [9.17, 15) is 5.11 Å². The number of methoxy groups -OCH3 is 1. The van der Waals surface area contributed by atoms with Gasteiger partial charge in [0.05, 0.1) is 18.8 Å². The Morgan fingerprint density at radius 2 is 1.68 bits per heavy atom. The Balaban J connectivity index is 1.45. The molecule has 3 aromatic carbocycles. The molecule has 6 heteroatoms. The molecule has 1 aliphatic rings. The van der Waals surface area contributed by atoms with Crippen LogP contribution in [0.4, 0.5) is 0 Å². The molecule has 1 aromatic heterocycles. The van der Waals surface area contributed by atoms with Crippen molar-refractivity contribution in [1.29, 1.82) is 0 Å². The van der Waals surface area contributed by atoms with Gasteiger partial charge in [-0.15, -0.1) is 0 Å². The summed E-state index contributed by atoms with van der Waals surface area (Å²) < 4.78 is 13.6. The molecule has 0 spiro atoms. The minimum Gasteiger partial charge on any atom is -0.497 e. The van der Waals surface area contributed by atoms with E-state index in [1.165, 1.54) is 12.8 Å². The SMILES string of the molecule is COc1cccc(Oc2c(CN(CC3CC3)C[C@H](O)Cc3ccccc3)c(-c3ccccc3)nn2C)c1. The topological polar surface area (TPSA) is 59.8 Å². The fraction of sp³-hybridized carbons (Fsp3) is 0.323. The van der Waals surface area contributed by atoms with Crippen LogP contribution in [0.5, 0.6) is 17.4 Å². The molecule has 1 aliphatic carbocycles. The van der Waals surface area contributed by atoms with E-state index in [1.54, 1.807) is 7.11 Å². The van der Waals surface area contributed by atoms with Crippen LogP contribution in [-0.4, -0.2) is 46.1 Å². The molecule has 0 amide bonds. The van der Waals surface area contributed by atoms with Crippen LogP contribution in [0, 0.1) is 5.92 Å². The number of nitrogens with zero attached hydrogens (tertiary/aromatic N) is 3. The largest absolute Gasteiger partial charge is 0.497 e. The third-order valence-electron chi connectivity index (χ3n) is 6.77. The smallest absolute Gasteiger partial charge is 0.222 e. The predicted octanol–water partition coefficient (Wildman–Crippen LogP) is 5.70. The zero-order chi connectivity index (χ0) is 25.6. The molecule has 6 nitrogen and oxygen atoms in total. The highest BCUT2D eigenvalue weighted by Crippen LogP contribution is 2.36. The van der Waals surface area contributed by atoms with Crippen molar-refractivity contribution in [3.63, 3.8) is 0 Å². The molecule has 0 bridgehead atoms. The van der Waals surface area contributed by atoms with Crippen molar-refractivity contribution in [2.75, 3.05) is 20.2 Å². The molecular weight excluding hydrogens is 462 g/mol. The van der Waals surface area contributed by atoms with E-state index >= 15 is 0 Å². The van der Waals surface area contributed by atoms with Gasteiger partial charge in [-0.1, -0.05) is 66.7 Å². The van der Waals surface area contributed by atoms with Gasteiger partial charge in [0, 0.05) is 38.3 Å². The number of benzene rings is 3. The van der Waals surface area contributed by atoms with Crippen molar-refractivity contribution in [2.24, 2.45) is 13.0 Å². The van der Waals surface area contributed by atoms with Crippen LogP contribution in [0.25, 0.3) is 11.3 Å². The van der Waals surface area contributed by atoms with Crippen LogP contribution in [-0.2, 0) is 20.0 Å². The highest BCUT2D eigenvalue weighted by molar-refractivity contribution is 5.65. The van der Waals surface area contributed by atoms with Gasteiger partial charge in [0.1, 0.15) is 17.2 Å². The van der Waals surface area contributed by atoms with E-state index in [-0.39, 0.29) is 0 Å². The summed E-state index contributed by atoms with van der Waals surface area (Å²) in [7, 11) is 3.57. The molecule has 0 radical (unpaired) electrons. The summed E-state index contributed by atoms with van der Waals surface area (Å²) in [5, 5.41) is 15.9. The average Bonchev–Trinajstić information content (AvgIpc) is 3.69. The third-order valence-corrected chi connectivity index (χ3v) is 6.77. The summed E-state index contributed by atoms with van der Waals surface area (Å²) in [6.07, 6.45) is 2.67. The van der Waals surface area contributed by atoms with E-state index in [4.69, 9.17) is 14.6 Å². The normalized spacial score (nSPS) is 14.1. The lowest BCUT2D eigenvalue weighted by molar-refractivity contribution is 0.105. The second kappa shape index (κ2) is 11.6. The number of ether oxygens (including phenoxy) is 2. The summed E-state index contributed by atoms with van der Waals surface area (Å²) in [6, 6.07) is 28.1. The van der Waals surface area contributed by atoms with Crippen LogP contribution >= 0.6 is 0 Å². The molecule has 37 heavy (non-hydrogen) atoms. The van der Waals surface area contributed by atoms with E-state index in [1.807, 2.05) is 72.4 Å². The molecule has 0 aliphatic heterocycles. The van der Waals surface area contributed by atoms with Crippen LogP contribution in [0.2, 0.25) is 0 Å². The molecular formula is C31H35N3O3. The number of aliphatic hydroxyl groups excluding tert-OH is 1. The Labute approximate surface area is 219 Å². The second-order valence-corrected chi connectivity index (χ2v) is 9.88. The fourth-order valence-corrected chi connectivity index (χ4v) is 4.77. The highest BCUT2D eigenvalue weighted by Gasteiger charge is 2.28. The molecule has 1 heterocycles. The zero-order valence-electron chi connectivity index (χ0n) is 21.6. The molecule has 0 saturated heterocycles. The number of hydrogen-bond acceptors (Lipinski definition) is 5. The fourth-order valence-electron chi connectivity index (χ4n) is 4.77. The summed E-state index contributed by atoms with van der Waals surface area (Å²) in [6.45, 7) is 2.18. The molecule has 0 unspecified atom stereocenters. The molecule has 192 valence electrons. The molecule has 1 atom stereocenters. The third kappa shape index (κ3) is 6.59. The van der Waals surface area contributed by atoms with Gasteiger partial charge in [-0.2, -0.15) is 5.10 Å². The van der Waals surface area contributed by atoms with Crippen LogP contribution < -0.4 is 9.47 Å². The van der Waals surface area contributed by atoms with Gasteiger partial charge in [0.15, 0.2) is 0 Å². The van der Waals surface area contributed by atoms with Gasteiger partial charge in [-0.25, -0.2) is 4.68 Å². The maximum Gasteiger partial charge on any atom is 0.222 e. The van der Waals surface area contributed by atoms with Crippen molar-refractivity contribution in [3.05, 3.63) is 96.1 Å². The van der Waals surface area contributed by atoms with Crippen LogP contribution in [0.1, 0.15) is 24.0 Å². The Hall–Kier alpha value is -3.61. The first-order chi connectivity index (χ1) is 18.1. The second-order valence-electron chi connectivity index (χ2n) is 9.88. The first-order valence-corrected chi connectivity index (χ1v) is 13.0. The van der Waals surface area contributed by atoms with E-state index < -0.39 is 6.10 Å². The number of hydrogen-bond donors (Lipinski definition) is 1. The van der Waals surface area contributed by atoms with E-state index in [0.29, 0.717) is 37.1 Å². The lowest BCUT2D eigenvalue weighted by Crippen LogP contribution is -2.35. The molecule has 1 N–H and O–H groups in total. The maximum atomic E-state index is 11.0. The number of aliphatic hydroxyl groups is 1. The van der Waals surface area contributed by atoms with Gasteiger partial charge in [0.25, 0.3) is 0 Å². The van der Waals surface area contributed by atoms with Gasteiger partial charge < -0.3 is 14.6 Å². The van der Waals surface area contributed by atoms with E-state index in [2.05, 4.69) is 29.2 Å². The number of aryl methyl sites for hydroxylation is 1.